The van der Waals surface area contributed by atoms with Gasteiger partial charge in [0.2, 0.25) is 5.91 Å². The molecule has 0 spiro atoms. The molecule has 0 saturated heterocycles. The van der Waals surface area contributed by atoms with Crippen LogP contribution in [0.3, 0.4) is 0 Å². The minimum absolute atomic E-state index is 0.199. The molecule has 0 aromatic carbocycles. The Kier molecular flexibility index (Phi) is 6.27. The fourth-order valence-corrected chi connectivity index (χ4v) is 2.45. The van der Waals surface area contributed by atoms with Gasteiger partial charge in [-0.1, -0.05) is 25.7 Å². The van der Waals surface area contributed by atoms with Crippen molar-refractivity contribution in [1.29, 1.82) is 0 Å². The lowest BCUT2D eigenvalue weighted by molar-refractivity contribution is -0.145. The van der Waals surface area contributed by atoms with Gasteiger partial charge >= 0.3 is 12.0 Å². The van der Waals surface area contributed by atoms with Crippen molar-refractivity contribution in [3.05, 3.63) is 0 Å². The second-order valence-corrected chi connectivity index (χ2v) is 5.25. The summed E-state index contributed by atoms with van der Waals surface area (Å²) in [7, 11) is 0. The van der Waals surface area contributed by atoms with E-state index >= 15 is 0 Å². The van der Waals surface area contributed by atoms with E-state index < -0.39 is 23.4 Å². The summed E-state index contributed by atoms with van der Waals surface area (Å²) in [5.74, 6) is -1.40. The second-order valence-electron chi connectivity index (χ2n) is 5.25. The Morgan fingerprint density at radius 3 is 2.20 bits per heavy atom. The Morgan fingerprint density at radius 2 is 1.70 bits per heavy atom. The van der Waals surface area contributed by atoms with Crippen LogP contribution >= 0.6 is 0 Å². The molecule has 0 aromatic rings. The SMILES string of the molecule is NC(=O)CCCNC(=O)NC1(C(=O)O)CCCCCC1. The summed E-state index contributed by atoms with van der Waals surface area (Å²) in [6.45, 7) is 0.296. The van der Waals surface area contributed by atoms with Gasteiger partial charge in [0.1, 0.15) is 5.54 Å². The molecule has 7 nitrogen and oxygen atoms in total. The van der Waals surface area contributed by atoms with Crippen LogP contribution in [-0.4, -0.2) is 35.1 Å². The number of aliphatic carboxylic acids is 1. The molecule has 0 unspecified atom stereocenters. The quantitative estimate of drug-likeness (QED) is 0.424. The van der Waals surface area contributed by atoms with Crippen molar-refractivity contribution in [2.75, 3.05) is 6.54 Å². The van der Waals surface area contributed by atoms with E-state index in [0.717, 1.165) is 25.7 Å². The first-order chi connectivity index (χ1) is 9.46. The topological polar surface area (TPSA) is 122 Å². The smallest absolute Gasteiger partial charge is 0.329 e. The van der Waals surface area contributed by atoms with Gasteiger partial charge in [-0.05, 0) is 19.3 Å². The van der Waals surface area contributed by atoms with Gasteiger partial charge in [0.05, 0.1) is 0 Å². The van der Waals surface area contributed by atoms with Gasteiger partial charge in [-0.15, -0.1) is 0 Å². The molecule has 0 aliphatic heterocycles. The number of rotatable bonds is 6. The number of hydrogen-bond acceptors (Lipinski definition) is 3. The first kappa shape index (κ1) is 16.3. The van der Waals surface area contributed by atoms with Gasteiger partial charge in [-0.2, -0.15) is 0 Å². The van der Waals surface area contributed by atoms with E-state index in [1.807, 2.05) is 0 Å². The van der Waals surface area contributed by atoms with Crippen molar-refractivity contribution < 1.29 is 19.5 Å². The summed E-state index contributed by atoms with van der Waals surface area (Å²) >= 11 is 0. The van der Waals surface area contributed by atoms with Crippen molar-refractivity contribution in [3.63, 3.8) is 0 Å². The number of carbonyl (C=O) groups excluding carboxylic acids is 2. The molecule has 0 radical (unpaired) electrons. The number of carboxylic acids is 1. The highest BCUT2D eigenvalue weighted by Crippen LogP contribution is 2.27. The Labute approximate surface area is 118 Å². The molecule has 1 aliphatic rings. The molecule has 0 aromatic heterocycles. The van der Waals surface area contributed by atoms with Gasteiger partial charge in [0.25, 0.3) is 0 Å². The maximum Gasteiger partial charge on any atom is 0.329 e. The van der Waals surface area contributed by atoms with E-state index in [2.05, 4.69) is 10.6 Å². The molecule has 1 aliphatic carbocycles. The van der Waals surface area contributed by atoms with Crippen LogP contribution in [0.25, 0.3) is 0 Å². The number of primary amides is 1. The van der Waals surface area contributed by atoms with Gasteiger partial charge in [0, 0.05) is 13.0 Å². The summed E-state index contributed by atoms with van der Waals surface area (Å²) < 4.78 is 0. The molecular formula is C13H23N3O4. The molecule has 3 amide bonds. The zero-order valence-electron chi connectivity index (χ0n) is 11.6. The summed E-state index contributed by atoms with van der Waals surface area (Å²) in [6, 6.07) is -0.501. The lowest BCUT2D eigenvalue weighted by Gasteiger charge is -2.29. The Morgan fingerprint density at radius 1 is 1.10 bits per heavy atom. The standard InChI is InChI=1S/C13H23N3O4/c14-10(17)6-5-9-15-12(20)16-13(11(18)19)7-3-1-2-4-8-13/h1-9H2,(H2,14,17)(H,18,19)(H2,15,16,20). The van der Waals surface area contributed by atoms with Crippen LogP contribution in [0.1, 0.15) is 51.4 Å². The minimum atomic E-state index is -1.16. The molecule has 1 rings (SSSR count). The van der Waals surface area contributed by atoms with E-state index in [-0.39, 0.29) is 6.42 Å². The van der Waals surface area contributed by atoms with Gasteiger partial charge in [-0.3, -0.25) is 4.79 Å². The van der Waals surface area contributed by atoms with Crippen LogP contribution in [-0.2, 0) is 9.59 Å². The fourth-order valence-electron chi connectivity index (χ4n) is 2.45. The second kappa shape index (κ2) is 7.72. The molecule has 114 valence electrons. The number of carboxylic acid groups (broad SMARTS) is 1. The molecule has 1 saturated carbocycles. The maximum absolute atomic E-state index is 11.8. The van der Waals surface area contributed by atoms with Crippen LogP contribution in [0.15, 0.2) is 0 Å². The normalized spacial score (nSPS) is 17.8. The van der Waals surface area contributed by atoms with Gasteiger partial charge in [0.15, 0.2) is 0 Å². The number of amides is 3. The largest absolute Gasteiger partial charge is 0.480 e. The average molecular weight is 285 g/mol. The average Bonchev–Trinajstić information content (AvgIpc) is 2.61. The first-order valence-electron chi connectivity index (χ1n) is 7.04. The lowest BCUT2D eigenvalue weighted by Crippen LogP contribution is -2.57. The lowest BCUT2D eigenvalue weighted by atomic mass is 9.90. The molecular weight excluding hydrogens is 262 g/mol. The van der Waals surface area contributed by atoms with Crippen molar-refractivity contribution in [2.24, 2.45) is 5.73 Å². The molecule has 5 N–H and O–H groups in total. The minimum Gasteiger partial charge on any atom is -0.480 e. The number of urea groups is 1. The van der Waals surface area contributed by atoms with E-state index in [4.69, 9.17) is 5.73 Å². The summed E-state index contributed by atoms with van der Waals surface area (Å²) in [5.41, 5.74) is 3.83. The van der Waals surface area contributed by atoms with Crippen LogP contribution in [0, 0.1) is 0 Å². The third kappa shape index (κ3) is 5.07. The predicted molar refractivity (Wildman–Crippen MR) is 73.0 cm³/mol. The summed E-state index contributed by atoms with van der Waals surface area (Å²) in [6.07, 6.45) is 5.15. The van der Waals surface area contributed by atoms with Crippen molar-refractivity contribution >= 4 is 17.9 Å². The van der Waals surface area contributed by atoms with Crippen LogP contribution in [0.2, 0.25) is 0 Å². The molecule has 7 heteroatoms. The Hall–Kier alpha value is -1.79. The van der Waals surface area contributed by atoms with Crippen molar-refractivity contribution in [3.8, 4) is 0 Å². The summed E-state index contributed by atoms with van der Waals surface area (Å²) in [4.78, 5) is 33.8. The number of nitrogens with two attached hydrogens (primary N) is 1. The highest BCUT2D eigenvalue weighted by Gasteiger charge is 2.39. The fraction of sp³-hybridized carbons (Fsp3) is 0.769. The van der Waals surface area contributed by atoms with Gasteiger partial charge < -0.3 is 21.5 Å². The van der Waals surface area contributed by atoms with E-state index in [9.17, 15) is 19.5 Å². The Balaban J connectivity index is 2.46. The first-order valence-corrected chi connectivity index (χ1v) is 7.04. The number of hydrogen-bond donors (Lipinski definition) is 4. The molecule has 0 atom stereocenters. The maximum atomic E-state index is 11.8. The molecule has 20 heavy (non-hydrogen) atoms. The third-order valence-electron chi connectivity index (χ3n) is 3.60. The van der Waals surface area contributed by atoms with E-state index in [1.165, 1.54) is 0 Å². The highest BCUT2D eigenvalue weighted by molar-refractivity contribution is 5.86. The van der Waals surface area contributed by atoms with E-state index in [1.54, 1.807) is 0 Å². The Bertz CT molecular complexity index is 363. The number of nitrogens with one attached hydrogen (secondary N) is 2. The van der Waals surface area contributed by atoms with Crippen LogP contribution < -0.4 is 16.4 Å². The molecule has 0 bridgehead atoms. The van der Waals surface area contributed by atoms with Crippen molar-refractivity contribution in [2.45, 2.75) is 56.9 Å². The van der Waals surface area contributed by atoms with Crippen LogP contribution in [0.4, 0.5) is 4.79 Å². The van der Waals surface area contributed by atoms with E-state index in [0.29, 0.717) is 25.8 Å². The molecule has 0 heterocycles. The highest BCUT2D eigenvalue weighted by atomic mass is 16.4. The number of carbonyl (C=O) groups is 3. The van der Waals surface area contributed by atoms with Gasteiger partial charge in [-0.25, -0.2) is 9.59 Å². The zero-order valence-corrected chi connectivity index (χ0v) is 11.6. The predicted octanol–water partition coefficient (Wildman–Crippen LogP) is 0.729. The molecule has 1 fully saturated rings. The third-order valence-corrected chi connectivity index (χ3v) is 3.60. The summed E-state index contributed by atoms with van der Waals surface area (Å²) in [5, 5.41) is 14.6. The monoisotopic (exact) mass is 285 g/mol. The van der Waals surface area contributed by atoms with Crippen molar-refractivity contribution in [1.82, 2.24) is 10.6 Å². The zero-order chi connectivity index (χ0) is 15.0. The van der Waals surface area contributed by atoms with Crippen LogP contribution in [0.5, 0.6) is 0 Å².